The molecule has 0 aliphatic carbocycles. The highest BCUT2D eigenvalue weighted by Gasteiger charge is 2.38. The van der Waals surface area contributed by atoms with Crippen molar-refractivity contribution < 1.29 is 33.4 Å². The molecule has 11 nitrogen and oxygen atoms in total. The number of amides is 2. The van der Waals surface area contributed by atoms with Gasteiger partial charge in [0.1, 0.15) is 11.6 Å². The second kappa shape index (κ2) is 14.8. The number of halogens is 1. The van der Waals surface area contributed by atoms with E-state index in [0.717, 1.165) is 11.9 Å². The molecule has 2 aliphatic heterocycles. The van der Waals surface area contributed by atoms with Crippen molar-refractivity contribution in [2.24, 2.45) is 0 Å². The van der Waals surface area contributed by atoms with Crippen LogP contribution in [0.5, 0.6) is 0 Å². The highest BCUT2D eigenvalue weighted by Crippen LogP contribution is 2.35. The zero-order chi connectivity index (χ0) is 37.3. The number of hydrogen-bond donors (Lipinski definition) is 3. The van der Waals surface area contributed by atoms with Gasteiger partial charge in [0.05, 0.1) is 29.3 Å². The zero-order valence-corrected chi connectivity index (χ0v) is 29.3. The summed E-state index contributed by atoms with van der Waals surface area (Å²) in [4.78, 5) is 55.4. The Morgan fingerprint density at radius 1 is 0.815 bits per heavy atom. The van der Waals surface area contributed by atoms with Crippen LogP contribution in [0.2, 0.25) is 0 Å². The Hall–Kier alpha value is -5.98. The summed E-state index contributed by atoms with van der Waals surface area (Å²) in [6.07, 6.45) is 1.30. The second-order valence-electron chi connectivity index (χ2n) is 13.8. The van der Waals surface area contributed by atoms with E-state index in [1.807, 2.05) is 24.3 Å². The molecule has 2 aromatic heterocycles. The van der Waals surface area contributed by atoms with E-state index >= 15 is 4.39 Å². The Bertz CT molecular complexity index is 2330. The molecule has 0 spiro atoms. The molecule has 6 aromatic rings. The number of fused-ring (bicyclic) bond motifs is 1. The first-order chi connectivity index (χ1) is 26.2. The van der Waals surface area contributed by atoms with Gasteiger partial charge in [0.15, 0.2) is 23.8 Å². The zero-order valence-electron chi connectivity index (χ0n) is 29.3. The van der Waals surface area contributed by atoms with Crippen molar-refractivity contribution in [1.29, 1.82) is 0 Å². The second-order valence-corrected chi connectivity index (χ2v) is 13.8. The maximum absolute atomic E-state index is 15.4. The molecule has 8 rings (SSSR count). The summed E-state index contributed by atoms with van der Waals surface area (Å²) < 4.78 is 21.5. The number of carbonyl (C=O) groups excluding carboxylic acids is 3. The van der Waals surface area contributed by atoms with E-state index in [9.17, 15) is 24.6 Å². The Morgan fingerprint density at radius 3 is 2.17 bits per heavy atom. The molecule has 0 radical (unpaired) electrons. The third-order valence-electron chi connectivity index (χ3n) is 10.4. The minimum Gasteiger partial charge on any atom is -0.436 e. The number of aromatic amines is 1. The quantitative estimate of drug-likeness (QED) is 0.150. The van der Waals surface area contributed by atoms with Gasteiger partial charge >= 0.3 is 0 Å². The fraction of sp³-hybridized carbons (Fsp3) is 0.262. The fourth-order valence-electron chi connectivity index (χ4n) is 7.56. The van der Waals surface area contributed by atoms with Crippen LogP contribution in [0.1, 0.15) is 66.4 Å². The van der Waals surface area contributed by atoms with Crippen molar-refractivity contribution in [1.82, 2.24) is 24.8 Å². The van der Waals surface area contributed by atoms with Crippen molar-refractivity contribution in [3.63, 3.8) is 0 Å². The number of rotatable bonds is 10. The van der Waals surface area contributed by atoms with Crippen LogP contribution >= 0.6 is 0 Å². The first-order valence-electron chi connectivity index (χ1n) is 18.1. The van der Waals surface area contributed by atoms with Crippen molar-refractivity contribution in [2.75, 3.05) is 13.1 Å². The summed E-state index contributed by atoms with van der Waals surface area (Å²) in [5.74, 6) is -0.489. The van der Waals surface area contributed by atoms with Gasteiger partial charge in [-0.3, -0.25) is 14.4 Å². The maximum Gasteiger partial charge on any atom is 0.256 e. The van der Waals surface area contributed by atoms with Gasteiger partial charge in [0, 0.05) is 30.6 Å². The largest absolute Gasteiger partial charge is 0.436 e. The van der Waals surface area contributed by atoms with E-state index in [2.05, 4.69) is 9.97 Å². The van der Waals surface area contributed by atoms with E-state index in [1.165, 1.54) is 17.0 Å². The van der Waals surface area contributed by atoms with Crippen LogP contribution in [0.4, 0.5) is 4.39 Å². The van der Waals surface area contributed by atoms with Crippen molar-refractivity contribution in [3.8, 4) is 22.8 Å². The lowest BCUT2D eigenvalue weighted by molar-refractivity contribution is -0.144. The van der Waals surface area contributed by atoms with Crippen LogP contribution < -0.4 is 0 Å². The molecular formula is C42H38FN5O6. The van der Waals surface area contributed by atoms with Gasteiger partial charge in [-0.05, 0) is 72.7 Å². The third kappa shape index (κ3) is 6.81. The number of imidazole rings is 1. The predicted molar refractivity (Wildman–Crippen MR) is 197 cm³/mol. The first-order valence-corrected chi connectivity index (χ1v) is 18.1. The summed E-state index contributed by atoms with van der Waals surface area (Å²) in [5.41, 5.74) is 3.75. The molecule has 4 aromatic carbocycles. The number of H-pyrrole nitrogens is 1. The number of aromatic nitrogens is 3. The smallest absolute Gasteiger partial charge is 0.256 e. The number of carbonyl (C=O) groups is 3. The lowest BCUT2D eigenvalue weighted by Crippen LogP contribution is -2.43. The number of hydrogen-bond acceptors (Lipinski definition) is 8. The third-order valence-corrected chi connectivity index (χ3v) is 10.4. The van der Waals surface area contributed by atoms with Crippen LogP contribution in [0.15, 0.2) is 108 Å². The molecular weight excluding hydrogens is 689 g/mol. The molecule has 0 saturated carbocycles. The van der Waals surface area contributed by atoms with Crippen LogP contribution in [0, 0.1) is 5.82 Å². The Balaban J connectivity index is 0.942. The van der Waals surface area contributed by atoms with E-state index in [-0.39, 0.29) is 35.6 Å². The number of ketones is 1. The summed E-state index contributed by atoms with van der Waals surface area (Å²) in [5, 5.41) is 21.4. The number of Topliss-reactive ketones (excluding diaryl/α,β-unsaturated/α-hetero) is 1. The molecule has 3 N–H and O–H groups in total. The molecule has 2 amide bonds. The van der Waals surface area contributed by atoms with E-state index < -0.39 is 30.0 Å². The predicted octanol–water partition coefficient (Wildman–Crippen LogP) is 6.26. The topological polar surface area (TPSA) is 153 Å². The summed E-state index contributed by atoms with van der Waals surface area (Å²) in [7, 11) is 0. The number of likely N-dealkylation sites (tertiary alicyclic amines) is 2. The van der Waals surface area contributed by atoms with Crippen LogP contribution in [0.25, 0.3) is 33.8 Å². The number of benzene rings is 4. The number of aliphatic hydroxyl groups is 2. The number of oxazole rings is 1. The van der Waals surface area contributed by atoms with E-state index in [1.54, 1.807) is 71.8 Å². The highest BCUT2D eigenvalue weighted by atomic mass is 19.1. The van der Waals surface area contributed by atoms with Gasteiger partial charge in [-0.1, -0.05) is 66.7 Å². The first kappa shape index (κ1) is 35.1. The van der Waals surface area contributed by atoms with Crippen molar-refractivity contribution in [2.45, 2.75) is 56.4 Å². The van der Waals surface area contributed by atoms with Gasteiger partial charge in [0.2, 0.25) is 5.89 Å². The minimum atomic E-state index is -1.37. The molecule has 274 valence electrons. The summed E-state index contributed by atoms with van der Waals surface area (Å²) in [6, 6.07) is 26.4. The number of aliphatic hydroxyl groups excluding tert-OH is 2. The van der Waals surface area contributed by atoms with Gasteiger partial charge in [-0.2, -0.15) is 0 Å². The molecule has 1 unspecified atom stereocenters. The van der Waals surface area contributed by atoms with Crippen LogP contribution in [0.3, 0.4) is 0 Å². The lowest BCUT2D eigenvalue weighted by atomic mass is 9.99. The minimum absolute atomic E-state index is 0.191. The normalized spacial score (nSPS) is 18.3. The Kier molecular flexibility index (Phi) is 9.61. The van der Waals surface area contributed by atoms with Gasteiger partial charge in [0.25, 0.3) is 11.8 Å². The molecule has 2 saturated heterocycles. The molecule has 12 heteroatoms. The maximum atomic E-state index is 15.4. The van der Waals surface area contributed by atoms with Gasteiger partial charge in [-0.25, -0.2) is 14.4 Å². The molecule has 2 aliphatic rings. The average molecular weight is 728 g/mol. The van der Waals surface area contributed by atoms with Gasteiger partial charge in [-0.15, -0.1) is 0 Å². The lowest BCUT2D eigenvalue weighted by Gasteiger charge is -2.26. The van der Waals surface area contributed by atoms with Gasteiger partial charge < -0.3 is 29.4 Å². The van der Waals surface area contributed by atoms with Crippen molar-refractivity contribution >= 4 is 28.6 Å². The molecule has 4 atom stereocenters. The number of nitrogens with zero attached hydrogens (tertiary/aromatic N) is 4. The molecule has 0 bridgehead atoms. The highest BCUT2D eigenvalue weighted by molar-refractivity contribution is 5.92. The van der Waals surface area contributed by atoms with Crippen molar-refractivity contribution in [3.05, 3.63) is 132 Å². The van der Waals surface area contributed by atoms with E-state index in [0.29, 0.717) is 71.7 Å². The van der Waals surface area contributed by atoms with E-state index in [4.69, 9.17) is 9.40 Å². The Morgan fingerprint density at radius 2 is 1.46 bits per heavy atom. The fourth-order valence-corrected chi connectivity index (χ4v) is 7.56. The SMILES string of the molecule is O=C(Cc1ccc(-c2ncc(-c3ccc4nc([C@@H]5CCCN5C(=O)[C@H](O)c5ccccc5)[nH]c4c3)o2)cc1F)C1CCCN1C(=O)[C@H](O)c1ccccc1. The molecule has 54 heavy (non-hydrogen) atoms. The standard InChI is InChI=1S/C42H38FN5O6/c43-30-21-29(16-15-27(30)23-35(49)33-13-7-19-47(33)41(52)37(50)25-9-3-1-4-10-25)40-44-24-36(54-40)28-17-18-31-32(22-28)46-39(45-31)34-14-8-20-48(34)42(53)38(51)26-11-5-2-6-12-26/h1-6,9-12,15-18,21-22,24,33-34,37-38,50-51H,7-8,13-14,19-20,23H2,(H,45,46)/t33?,34-,37+,38+/m0/s1. The Labute approximate surface area is 310 Å². The molecule has 4 heterocycles. The number of nitrogens with one attached hydrogen (secondary N) is 1. The monoisotopic (exact) mass is 727 g/mol. The molecule has 2 fully saturated rings. The summed E-state index contributed by atoms with van der Waals surface area (Å²) >= 11 is 0. The van der Waals surface area contributed by atoms with Crippen LogP contribution in [-0.2, 0) is 20.8 Å². The summed E-state index contributed by atoms with van der Waals surface area (Å²) in [6.45, 7) is 0.872. The van der Waals surface area contributed by atoms with Crippen LogP contribution in [-0.4, -0.2) is 71.7 Å². The average Bonchev–Trinajstić information content (AvgIpc) is 4.04.